The highest BCUT2D eigenvalue weighted by Gasteiger charge is 2.52. The molecule has 0 radical (unpaired) electrons. The van der Waals surface area contributed by atoms with Crippen LogP contribution in [-0.4, -0.2) is 12.6 Å². The van der Waals surface area contributed by atoms with E-state index in [-0.39, 0.29) is 12.4 Å². The van der Waals surface area contributed by atoms with Crippen LogP contribution in [0.15, 0.2) is 0 Å². The molecule has 1 nitrogen and oxygen atoms in total. The van der Waals surface area contributed by atoms with Crippen molar-refractivity contribution in [3.05, 3.63) is 0 Å². The summed E-state index contributed by atoms with van der Waals surface area (Å²) in [6.07, 6.45) is 1.44. The Morgan fingerprint density at radius 3 is 2.22 bits per heavy atom. The zero-order valence-corrected chi connectivity index (χ0v) is 6.79. The van der Waals surface area contributed by atoms with E-state index in [4.69, 9.17) is 0 Å². The molecule has 2 saturated heterocycles. The van der Waals surface area contributed by atoms with Gasteiger partial charge in [0.2, 0.25) is 0 Å². The van der Waals surface area contributed by atoms with Gasteiger partial charge in [0.15, 0.2) is 0 Å². The maximum atomic E-state index is 3.48. The van der Waals surface area contributed by atoms with Crippen molar-refractivity contribution in [2.45, 2.75) is 26.3 Å². The largest absolute Gasteiger partial charge is 0.313 e. The molecule has 2 bridgehead atoms. The summed E-state index contributed by atoms with van der Waals surface area (Å²) >= 11 is 0. The summed E-state index contributed by atoms with van der Waals surface area (Å²) in [5, 5.41) is 3.48. The fourth-order valence-electron chi connectivity index (χ4n) is 1.99. The molecule has 2 atom stereocenters. The molecule has 0 aromatic carbocycles. The first-order chi connectivity index (χ1) is 3.71. The van der Waals surface area contributed by atoms with Crippen LogP contribution < -0.4 is 5.32 Å². The number of hydrogen-bond acceptors (Lipinski definition) is 1. The lowest BCUT2D eigenvalue weighted by molar-refractivity contribution is 0.105. The molecular weight excluding hydrogens is 134 g/mol. The van der Waals surface area contributed by atoms with E-state index < -0.39 is 0 Å². The van der Waals surface area contributed by atoms with Gasteiger partial charge in [-0.25, -0.2) is 0 Å². The molecule has 2 aliphatic heterocycles. The molecule has 3 fully saturated rings. The highest BCUT2D eigenvalue weighted by molar-refractivity contribution is 5.85. The molecule has 3 rings (SSSR count). The Morgan fingerprint density at radius 2 is 2.11 bits per heavy atom. The molecule has 1 saturated carbocycles. The third-order valence-electron chi connectivity index (χ3n) is 3.08. The molecule has 0 aromatic rings. The van der Waals surface area contributed by atoms with Gasteiger partial charge in [0, 0.05) is 6.04 Å². The quantitative estimate of drug-likeness (QED) is 0.547. The number of hydrogen-bond donors (Lipinski definition) is 1. The van der Waals surface area contributed by atoms with Crippen molar-refractivity contribution in [3.63, 3.8) is 0 Å². The predicted molar refractivity (Wildman–Crippen MR) is 40.9 cm³/mol. The number of rotatable bonds is 0. The third-order valence-corrected chi connectivity index (χ3v) is 3.08. The molecule has 54 valence electrons. The lowest BCUT2D eigenvalue weighted by Crippen LogP contribution is -2.44. The van der Waals surface area contributed by atoms with Crippen molar-refractivity contribution in [2.24, 2.45) is 11.3 Å². The zero-order chi connectivity index (χ0) is 5.78. The topological polar surface area (TPSA) is 12.0 Å². The standard InChI is InChI=1S/C7H13N.ClH/c1-7(2)5-3-6(7)8-4-5;/h5-6,8H,3-4H2,1-2H3;1H. The first-order valence-electron chi connectivity index (χ1n) is 3.44. The first kappa shape index (κ1) is 7.36. The van der Waals surface area contributed by atoms with Crippen LogP contribution in [0.1, 0.15) is 20.3 Å². The smallest absolute Gasteiger partial charge is 0.0125 e. The van der Waals surface area contributed by atoms with E-state index in [0.717, 1.165) is 12.0 Å². The van der Waals surface area contributed by atoms with Crippen LogP contribution in [0.5, 0.6) is 0 Å². The van der Waals surface area contributed by atoms with Crippen LogP contribution in [-0.2, 0) is 0 Å². The second-order valence-electron chi connectivity index (χ2n) is 3.71. The summed E-state index contributed by atoms with van der Waals surface area (Å²) in [4.78, 5) is 0. The SMILES string of the molecule is CC1(C)C2CNC1C2.Cl. The summed E-state index contributed by atoms with van der Waals surface area (Å²) in [6.45, 7) is 6.01. The normalized spacial score (nSPS) is 43.3. The summed E-state index contributed by atoms with van der Waals surface area (Å²) in [5.41, 5.74) is 0.639. The molecule has 2 heteroatoms. The number of fused-ring (bicyclic) bond motifs is 1. The van der Waals surface area contributed by atoms with Gasteiger partial charge in [0.05, 0.1) is 0 Å². The monoisotopic (exact) mass is 147 g/mol. The van der Waals surface area contributed by atoms with Crippen LogP contribution >= 0.6 is 12.4 Å². The summed E-state index contributed by atoms with van der Waals surface area (Å²) in [5.74, 6) is 0.993. The molecule has 2 unspecified atom stereocenters. The van der Waals surface area contributed by atoms with Crippen LogP contribution in [0.3, 0.4) is 0 Å². The van der Waals surface area contributed by atoms with E-state index in [0.29, 0.717) is 5.41 Å². The van der Waals surface area contributed by atoms with Gasteiger partial charge in [-0.2, -0.15) is 0 Å². The molecule has 0 aromatic heterocycles. The van der Waals surface area contributed by atoms with E-state index in [2.05, 4.69) is 19.2 Å². The van der Waals surface area contributed by atoms with Gasteiger partial charge in [-0.15, -0.1) is 12.4 Å². The average molecular weight is 148 g/mol. The first-order valence-corrected chi connectivity index (χ1v) is 3.44. The van der Waals surface area contributed by atoms with Gasteiger partial charge in [0.1, 0.15) is 0 Å². The average Bonchev–Trinajstić information content (AvgIpc) is 2.18. The zero-order valence-electron chi connectivity index (χ0n) is 5.98. The molecule has 3 aliphatic rings. The van der Waals surface area contributed by atoms with Gasteiger partial charge in [-0.3, -0.25) is 0 Å². The van der Waals surface area contributed by atoms with Gasteiger partial charge in [0.25, 0.3) is 0 Å². The highest BCUT2D eigenvalue weighted by atomic mass is 35.5. The molecule has 2 heterocycles. The van der Waals surface area contributed by atoms with E-state index in [1.165, 1.54) is 13.0 Å². The predicted octanol–water partition coefficient (Wildman–Crippen LogP) is 1.43. The fourth-order valence-corrected chi connectivity index (χ4v) is 1.99. The number of nitrogens with one attached hydrogen (secondary N) is 1. The van der Waals surface area contributed by atoms with Crippen LogP contribution in [0.4, 0.5) is 0 Å². The minimum absolute atomic E-state index is 0. The minimum Gasteiger partial charge on any atom is -0.313 e. The Kier molecular flexibility index (Phi) is 1.52. The maximum absolute atomic E-state index is 3.48. The number of halogens is 1. The van der Waals surface area contributed by atoms with Crippen molar-refractivity contribution in [1.29, 1.82) is 0 Å². The van der Waals surface area contributed by atoms with Crippen LogP contribution in [0, 0.1) is 11.3 Å². The van der Waals surface area contributed by atoms with Crippen molar-refractivity contribution in [3.8, 4) is 0 Å². The van der Waals surface area contributed by atoms with Crippen molar-refractivity contribution < 1.29 is 0 Å². The van der Waals surface area contributed by atoms with E-state index in [1.807, 2.05) is 0 Å². The Labute approximate surface area is 62.6 Å². The Balaban J connectivity index is 0.000000405. The minimum atomic E-state index is 0. The van der Waals surface area contributed by atoms with Gasteiger partial charge in [-0.1, -0.05) is 13.8 Å². The van der Waals surface area contributed by atoms with Crippen molar-refractivity contribution in [1.82, 2.24) is 5.32 Å². The molecule has 0 spiro atoms. The molecule has 9 heavy (non-hydrogen) atoms. The van der Waals surface area contributed by atoms with E-state index in [9.17, 15) is 0 Å². The van der Waals surface area contributed by atoms with Gasteiger partial charge >= 0.3 is 0 Å². The Bertz CT molecular complexity index is 106. The molecule has 0 amide bonds. The Morgan fingerprint density at radius 1 is 1.44 bits per heavy atom. The van der Waals surface area contributed by atoms with Gasteiger partial charge in [-0.05, 0) is 24.3 Å². The highest BCUT2D eigenvalue weighted by Crippen LogP contribution is 2.50. The maximum Gasteiger partial charge on any atom is 0.0125 e. The fraction of sp³-hybridized carbons (Fsp3) is 1.00. The third kappa shape index (κ3) is 0.714. The van der Waals surface area contributed by atoms with Crippen LogP contribution in [0.25, 0.3) is 0 Å². The second-order valence-corrected chi connectivity index (χ2v) is 3.71. The lowest BCUT2D eigenvalue weighted by Gasteiger charge is -2.42. The lowest BCUT2D eigenvalue weighted by atomic mass is 9.63. The summed E-state index contributed by atoms with van der Waals surface area (Å²) in [7, 11) is 0. The molecule has 1 N–H and O–H groups in total. The van der Waals surface area contributed by atoms with E-state index in [1.54, 1.807) is 0 Å². The second kappa shape index (κ2) is 1.86. The van der Waals surface area contributed by atoms with E-state index >= 15 is 0 Å². The summed E-state index contributed by atoms with van der Waals surface area (Å²) in [6, 6.07) is 0.854. The van der Waals surface area contributed by atoms with Gasteiger partial charge < -0.3 is 5.32 Å². The summed E-state index contributed by atoms with van der Waals surface area (Å²) < 4.78 is 0. The van der Waals surface area contributed by atoms with Crippen molar-refractivity contribution >= 4 is 12.4 Å². The molecular formula is C7H14ClN. The molecule has 1 aliphatic carbocycles. The van der Waals surface area contributed by atoms with Crippen molar-refractivity contribution in [2.75, 3.05) is 6.54 Å². The van der Waals surface area contributed by atoms with Crippen LogP contribution in [0.2, 0.25) is 0 Å². The Hall–Kier alpha value is 0.250.